The molecule has 10 heteroatoms. The molecule has 0 unspecified atom stereocenters. The number of imidazole rings is 1. The van der Waals surface area contributed by atoms with Gasteiger partial charge in [0.2, 0.25) is 0 Å². The maximum Gasteiger partial charge on any atom is 0.339 e. The third-order valence-corrected chi connectivity index (χ3v) is 5.24. The van der Waals surface area contributed by atoms with E-state index in [1.54, 1.807) is 6.20 Å². The largest absolute Gasteiger partial charge is 0.507 e. The van der Waals surface area contributed by atoms with Gasteiger partial charge in [-0.25, -0.2) is 19.4 Å². The summed E-state index contributed by atoms with van der Waals surface area (Å²) < 4.78 is 1.98. The van der Waals surface area contributed by atoms with Gasteiger partial charge in [0.1, 0.15) is 28.0 Å². The van der Waals surface area contributed by atoms with Crippen molar-refractivity contribution in [2.75, 3.05) is 18.1 Å². The molecule has 0 atom stereocenters. The molecule has 1 aliphatic rings. The lowest BCUT2D eigenvalue weighted by atomic mass is 10.2. The van der Waals surface area contributed by atoms with Gasteiger partial charge in [-0.15, -0.1) is 10.2 Å². The van der Waals surface area contributed by atoms with Crippen molar-refractivity contribution in [1.29, 1.82) is 0 Å². The van der Waals surface area contributed by atoms with E-state index in [1.165, 1.54) is 24.6 Å². The van der Waals surface area contributed by atoms with Crippen molar-refractivity contribution in [2.45, 2.75) is 19.3 Å². The average Bonchev–Trinajstić information content (AvgIpc) is 3.37. The molecule has 5 rings (SSSR count). The number of aromatic nitrogens is 4. The Labute approximate surface area is 170 Å². The van der Waals surface area contributed by atoms with Gasteiger partial charge in [0.25, 0.3) is 5.95 Å². The number of aromatic hydroxyl groups is 1. The molecule has 3 aromatic heterocycles. The topological polar surface area (TPSA) is 132 Å². The molecule has 4 aromatic rings. The number of nitrogens with zero attached hydrogens (tertiary/aromatic N) is 6. The molecule has 1 aliphatic heterocycles. The van der Waals surface area contributed by atoms with Crippen molar-refractivity contribution in [2.24, 2.45) is 10.2 Å². The molecule has 0 bridgehead atoms. The highest BCUT2D eigenvalue weighted by Crippen LogP contribution is 2.31. The number of carbonyl (C=O) groups is 1. The van der Waals surface area contributed by atoms with E-state index in [2.05, 4.69) is 30.2 Å². The summed E-state index contributed by atoms with van der Waals surface area (Å²) in [5, 5.41) is 30.6. The first-order chi connectivity index (χ1) is 14.6. The number of rotatable bonds is 4. The fraction of sp³-hybridized carbons (Fsp3) is 0.250. The second-order valence-corrected chi connectivity index (χ2v) is 7.18. The first-order valence-corrected chi connectivity index (χ1v) is 9.69. The number of hydrogen-bond acceptors (Lipinski definition) is 7. The normalized spacial score (nSPS) is 14.9. The Kier molecular flexibility index (Phi) is 4.31. The SMILES string of the molecule is O=C(O)c1cc(N=Nc2nc3cnc4[nH]ccc4c3n2N2CCCCC2)ccc1O. The van der Waals surface area contributed by atoms with Gasteiger partial charge in [-0.05, 0) is 43.5 Å². The number of phenols is 1. The maximum atomic E-state index is 11.3. The number of carboxylic acid groups (broad SMARTS) is 1. The smallest absolute Gasteiger partial charge is 0.339 e. The number of pyridine rings is 1. The molecule has 1 aromatic carbocycles. The molecular weight excluding hydrogens is 386 g/mol. The number of nitrogens with one attached hydrogen (secondary N) is 1. The molecule has 0 saturated carbocycles. The first kappa shape index (κ1) is 18.1. The molecule has 0 amide bonds. The summed E-state index contributed by atoms with van der Waals surface area (Å²) in [5.41, 5.74) is 2.47. The van der Waals surface area contributed by atoms with Crippen LogP contribution in [0.3, 0.4) is 0 Å². The lowest BCUT2D eigenvalue weighted by molar-refractivity contribution is 0.0693. The molecule has 152 valence electrons. The van der Waals surface area contributed by atoms with Gasteiger partial charge in [0, 0.05) is 24.7 Å². The van der Waals surface area contributed by atoms with Crippen LogP contribution < -0.4 is 5.01 Å². The monoisotopic (exact) mass is 405 g/mol. The van der Waals surface area contributed by atoms with E-state index < -0.39 is 5.97 Å². The Morgan fingerprint density at radius 2 is 1.97 bits per heavy atom. The van der Waals surface area contributed by atoms with E-state index >= 15 is 0 Å². The van der Waals surface area contributed by atoms with Crippen LogP contribution in [-0.4, -0.2) is 48.9 Å². The Hall–Kier alpha value is -3.95. The molecule has 4 heterocycles. The van der Waals surface area contributed by atoms with Crippen molar-refractivity contribution in [3.8, 4) is 5.75 Å². The molecule has 1 saturated heterocycles. The predicted molar refractivity (Wildman–Crippen MR) is 110 cm³/mol. The van der Waals surface area contributed by atoms with E-state index in [9.17, 15) is 15.0 Å². The van der Waals surface area contributed by atoms with Gasteiger partial charge >= 0.3 is 5.97 Å². The van der Waals surface area contributed by atoms with Crippen LogP contribution in [0.5, 0.6) is 5.75 Å². The van der Waals surface area contributed by atoms with Gasteiger partial charge in [0.15, 0.2) is 0 Å². The van der Waals surface area contributed by atoms with E-state index in [1.807, 2.05) is 16.9 Å². The quantitative estimate of drug-likeness (QED) is 0.442. The minimum Gasteiger partial charge on any atom is -0.507 e. The fourth-order valence-corrected chi connectivity index (χ4v) is 3.81. The third kappa shape index (κ3) is 3.02. The zero-order valence-electron chi connectivity index (χ0n) is 16.0. The number of aromatic amines is 1. The summed E-state index contributed by atoms with van der Waals surface area (Å²) in [6.07, 6.45) is 6.90. The highest BCUT2D eigenvalue weighted by Gasteiger charge is 2.21. The highest BCUT2D eigenvalue weighted by atomic mass is 16.4. The Bertz CT molecular complexity index is 1280. The molecule has 30 heavy (non-hydrogen) atoms. The lowest BCUT2D eigenvalue weighted by Crippen LogP contribution is -2.38. The number of aromatic carboxylic acids is 1. The van der Waals surface area contributed by atoms with Gasteiger partial charge in [-0.1, -0.05) is 0 Å². The van der Waals surface area contributed by atoms with Crippen LogP contribution in [0.1, 0.15) is 29.6 Å². The van der Waals surface area contributed by atoms with Gasteiger partial charge in [-0.2, -0.15) is 0 Å². The number of azo groups is 1. The van der Waals surface area contributed by atoms with Crippen molar-refractivity contribution in [3.63, 3.8) is 0 Å². The molecule has 3 N–H and O–H groups in total. The maximum absolute atomic E-state index is 11.3. The molecule has 0 spiro atoms. The van der Waals surface area contributed by atoms with Crippen LogP contribution in [0.4, 0.5) is 11.6 Å². The standard InChI is InChI=1S/C20H19N7O3/c28-16-5-4-12(10-14(16)19(29)30)24-25-20-23-15-11-22-18-13(6-7-21-18)17(15)27(20)26-8-2-1-3-9-26/h4-7,10-11,28H,1-3,8-9H2,(H,21,22)(H,29,30). The average molecular weight is 405 g/mol. The Morgan fingerprint density at radius 1 is 1.13 bits per heavy atom. The first-order valence-electron chi connectivity index (χ1n) is 9.69. The lowest BCUT2D eigenvalue weighted by Gasteiger charge is -2.30. The summed E-state index contributed by atoms with van der Waals surface area (Å²) in [6, 6.07) is 6.04. The number of H-pyrrole nitrogens is 1. The number of hydrogen-bond donors (Lipinski definition) is 3. The molecule has 1 fully saturated rings. The van der Waals surface area contributed by atoms with E-state index in [4.69, 9.17) is 0 Å². The van der Waals surface area contributed by atoms with Gasteiger partial charge in [0.05, 0.1) is 11.9 Å². The number of carboxylic acids is 1. The molecule has 0 radical (unpaired) electrons. The number of benzene rings is 1. The van der Waals surface area contributed by atoms with E-state index in [0.29, 0.717) is 17.2 Å². The van der Waals surface area contributed by atoms with Gasteiger partial charge < -0.3 is 20.2 Å². The zero-order valence-corrected chi connectivity index (χ0v) is 16.0. The van der Waals surface area contributed by atoms with Crippen LogP contribution in [0, 0.1) is 0 Å². The van der Waals surface area contributed by atoms with E-state index in [-0.39, 0.29) is 11.3 Å². The minimum absolute atomic E-state index is 0.228. The van der Waals surface area contributed by atoms with E-state index in [0.717, 1.165) is 42.5 Å². The van der Waals surface area contributed by atoms with Crippen molar-refractivity contribution in [3.05, 3.63) is 42.2 Å². The Morgan fingerprint density at radius 3 is 2.77 bits per heavy atom. The van der Waals surface area contributed by atoms with Crippen LogP contribution >= 0.6 is 0 Å². The van der Waals surface area contributed by atoms with Crippen LogP contribution in [-0.2, 0) is 0 Å². The fourth-order valence-electron chi connectivity index (χ4n) is 3.81. The summed E-state index contributed by atoms with van der Waals surface area (Å²) in [7, 11) is 0. The predicted octanol–water partition coefficient (Wildman–Crippen LogP) is 3.85. The zero-order chi connectivity index (χ0) is 20.7. The summed E-state index contributed by atoms with van der Waals surface area (Å²) in [4.78, 5) is 23.4. The number of fused-ring (bicyclic) bond motifs is 3. The summed E-state index contributed by atoms with van der Waals surface area (Å²) in [5.74, 6) is -1.15. The second-order valence-electron chi connectivity index (χ2n) is 7.18. The molecule has 10 nitrogen and oxygen atoms in total. The highest BCUT2D eigenvalue weighted by molar-refractivity contribution is 6.02. The summed E-state index contributed by atoms with van der Waals surface area (Å²) >= 11 is 0. The van der Waals surface area contributed by atoms with Crippen molar-refractivity contribution >= 4 is 39.7 Å². The number of piperidine rings is 1. The van der Waals surface area contributed by atoms with Crippen molar-refractivity contribution < 1.29 is 15.0 Å². The minimum atomic E-state index is -1.23. The van der Waals surface area contributed by atoms with Crippen LogP contribution in [0.15, 0.2) is 46.9 Å². The summed E-state index contributed by atoms with van der Waals surface area (Å²) in [6.45, 7) is 1.76. The van der Waals surface area contributed by atoms with Gasteiger partial charge in [-0.3, -0.25) is 0 Å². The van der Waals surface area contributed by atoms with Crippen molar-refractivity contribution in [1.82, 2.24) is 19.6 Å². The van der Waals surface area contributed by atoms with Crippen LogP contribution in [0.25, 0.3) is 22.1 Å². The Balaban J connectivity index is 1.64. The van der Waals surface area contributed by atoms with Crippen LogP contribution in [0.2, 0.25) is 0 Å². The molecular formula is C20H19N7O3. The third-order valence-electron chi connectivity index (χ3n) is 5.24. The molecule has 0 aliphatic carbocycles. The second kappa shape index (κ2) is 7.14.